The van der Waals surface area contributed by atoms with Gasteiger partial charge in [-0.15, -0.1) is 0 Å². The standard InChI is InChI=1S/C12H16BrN3O2S/c1-12(4-5-19(17,18)7-12)16-10-6-9(13)14-11(15-10)8-2-3-8/h6,8H,2-5,7H2,1H3,(H,14,15,16). The minimum absolute atomic E-state index is 0.167. The highest BCUT2D eigenvalue weighted by atomic mass is 79.9. The summed E-state index contributed by atoms with van der Waals surface area (Å²) in [4.78, 5) is 8.87. The molecule has 1 saturated heterocycles. The van der Waals surface area contributed by atoms with Crippen molar-refractivity contribution in [2.24, 2.45) is 0 Å². The third-order valence-corrected chi connectivity index (χ3v) is 5.90. The van der Waals surface area contributed by atoms with Crippen molar-refractivity contribution >= 4 is 31.6 Å². The van der Waals surface area contributed by atoms with Gasteiger partial charge >= 0.3 is 0 Å². The molecule has 0 aromatic carbocycles. The molecule has 7 heteroatoms. The second-order valence-corrected chi connectivity index (χ2v) is 8.73. The van der Waals surface area contributed by atoms with Gasteiger partial charge in [-0.05, 0) is 42.1 Å². The van der Waals surface area contributed by atoms with E-state index in [0.717, 1.165) is 23.3 Å². The summed E-state index contributed by atoms with van der Waals surface area (Å²) >= 11 is 3.39. The molecule has 0 amide bonds. The molecule has 2 aliphatic rings. The molecule has 1 aromatic rings. The molecule has 19 heavy (non-hydrogen) atoms. The van der Waals surface area contributed by atoms with Gasteiger partial charge in [0.15, 0.2) is 9.84 Å². The predicted molar refractivity (Wildman–Crippen MR) is 77.0 cm³/mol. The molecule has 1 N–H and O–H groups in total. The second-order valence-electron chi connectivity index (χ2n) is 5.74. The maximum atomic E-state index is 11.6. The highest BCUT2D eigenvalue weighted by Gasteiger charge is 2.38. The largest absolute Gasteiger partial charge is 0.364 e. The summed E-state index contributed by atoms with van der Waals surface area (Å²) in [6, 6.07) is 1.81. The Balaban J connectivity index is 1.83. The van der Waals surface area contributed by atoms with Crippen molar-refractivity contribution in [3.8, 4) is 0 Å². The van der Waals surface area contributed by atoms with Crippen LogP contribution in [-0.2, 0) is 9.84 Å². The first-order valence-corrected chi connectivity index (χ1v) is 9.00. The fourth-order valence-corrected chi connectivity index (χ4v) is 4.93. The van der Waals surface area contributed by atoms with Crippen LogP contribution >= 0.6 is 15.9 Å². The van der Waals surface area contributed by atoms with E-state index in [-0.39, 0.29) is 11.5 Å². The van der Waals surface area contributed by atoms with E-state index in [1.807, 2.05) is 13.0 Å². The minimum Gasteiger partial charge on any atom is -0.364 e. The summed E-state index contributed by atoms with van der Waals surface area (Å²) in [5.41, 5.74) is -0.423. The zero-order valence-electron chi connectivity index (χ0n) is 10.7. The van der Waals surface area contributed by atoms with Crippen LogP contribution in [0, 0.1) is 0 Å². The smallest absolute Gasteiger partial charge is 0.152 e. The number of hydrogen-bond donors (Lipinski definition) is 1. The van der Waals surface area contributed by atoms with Crippen LogP contribution in [0.3, 0.4) is 0 Å². The Kier molecular flexibility index (Phi) is 3.09. The van der Waals surface area contributed by atoms with Gasteiger partial charge in [0.05, 0.1) is 17.0 Å². The molecule has 2 fully saturated rings. The molecule has 1 aromatic heterocycles. The molecular formula is C12H16BrN3O2S. The summed E-state index contributed by atoms with van der Waals surface area (Å²) in [5, 5.41) is 3.28. The molecule has 0 radical (unpaired) electrons. The maximum absolute atomic E-state index is 11.6. The van der Waals surface area contributed by atoms with Gasteiger partial charge in [-0.3, -0.25) is 0 Å². The maximum Gasteiger partial charge on any atom is 0.152 e. The van der Waals surface area contributed by atoms with Crippen molar-refractivity contribution in [1.29, 1.82) is 0 Å². The van der Waals surface area contributed by atoms with Crippen molar-refractivity contribution in [3.05, 3.63) is 16.5 Å². The lowest BCUT2D eigenvalue weighted by Gasteiger charge is -2.24. The topological polar surface area (TPSA) is 72.0 Å². The Bertz CT molecular complexity index is 615. The van der Waals surface area contributed by atoms with Crippen LogP contribution in [0.5, 0.6) is 0 Å². The summed E-state index contributed by atoms with van der Waals surface area (Å²) in [5.74, 6) is 2.45. The molecular weight excluding hydrogens is 330 g/mol. The SMILES string of the molecule is CC1(Nc2cc(Br)nc(C3CC3)n2)CCS(=O)(=O)C1. The average Bonchev–Trinajstić information content (AvgIpc) is 3.05. The highest BCUT2D eigenvalue weighted by Crippen LogP contribution is 2.39. The lowest BCUT2D eigenvalue weighted by Crippen LogP contribution is -2.36. The first-order valence-electron chi connectivity index (χ1n) is 6.38. The minimum atomic E-state index is -2.92. The summed E-state index contributed by atoms with van der Waals surface area (Å²) in [6.07, 6.45) is 2.90. The van der Waals surface area contributed by atoms with E-state index in [1.165, 1.54) is 0 Å². The molecule has 1 atom stereocenters. The van der Waals surface area contributed by atoms with Gasteiger partial charge in [0.1, 0.15) is 16.2 Å². The van der Waals surface area contributed by atoms with Gasteiger partial charge in [-0.2, -0.15) is 0 Å². The van der Waals surface area contributed by atoms with Gasteiger partial charge in [0.25, 0.3) is 0 Å². The Labute approximate surface area is 121 Å². The lowest BCUT2D eigenvalue weighted by molar-refractivity contribution is 0.571. The number of aromatic nitrogens is 2. The van der Waals surface area contributed by atoms with Crippen LogP contribution in [0.4, 0.5) is 5.82 Å². The van der Waals surface area contributed by atoms with Gasteiger partial charge in [0, 0.05) is 12.0 Å². The summed E-state index contributed by atoms with van der Waals surface area (Å²) < 4.78 is 24.0. The molecule has 1 aliphatic carbocycles. The molecule has 1 aliphatic heterocycles. The lowest BCUT2D eigenvalue weighted by atomic mass is 10.0. The fraction of sp³-hybridized carbons (Fsp3) is 0.667. The molecule has 1 unspecified atom stereocenters. The van der Waals surface area contributed by atoms with Crippen LogP contribution in [0.15, 0.2) is 10.7 Å². The summed E-state index contributed by atoms with van der Waals surface area (Å²) in [7, 11) is -2.92. The number of halogens is 1. The normalized spacial score (nSPS) is 29.4. The van der Waals surface area contributed by atoms with E-state index in [1.54, 1.807) is 0 Å². The van der Waals surface area contributed by atoms with E-state index in [9.17, 15) is 8.42 Å². The second kappa shape index (κ2) is 4.41. The zero-order valence-corrected chi connectivity index (χ0v) is 13.1. The third-order valence-electron chi connectivity index (χ3n) is 3.59. The number of hydrogen-bond acceptors (Lipinski definition) is 5. The Morgan fingerprint density at radius 3 is 2.74 bits per heavy atom. The third kappa shape index (κ3) is 3.08. The monoisotopic (exact) mass is 345 g/mol. The van der Waals surface area contributed by atoms with Gasteiger partial charge in [-0.25, -0.2) is 18.4 Å². The van der Waals surface area contributed by atoms with E-state index >= 15 is 0 Å². The number of anilines is 1. The molecule has 2 heterocycles. The Morgan fingerprint density at radius 1 is 1.42 bits per heavy atom. The van der Waals surface area contributed by atoms with E-state index < -0.39 is 15.4 Å². The molecule has 0 bridgehead atoms. The van der Waals surface area contributed by atoms with Crippen molar-refractivity contribution in [3.63, 3.8) is 0 Å². The number of rotatable bonds is 3. The molecule has 5 nitrogen and oxygen atoms in total. The Morgan fingerprint density at radius 2 is 2.16 bits per heavy atom. The van der Waals surface area contributed by atoms with Crippen LogP contribution < -0.4 is 5.32 Å². The molecule has 1 saturated carbocycles. The highest BCUT2D eigenvalue weighted by molar-refractivity contribution is 9.10. The van der Waals surface area contributed by atoms with Crippen molar-refractivity contribution < 1.29 is 8.42 Å². The summed E-state index contributed by atoms with van der Waals surface area (Å²) in [6.45, 7) is 1.93. The van der Waals surface area contributed by atoms with Gasteiger partial charge in [0.2, 0.25) is 0 Å². The number of nitrogens with one attached hydrogen (secondary N) is 1. The Hall–Kier alpha value is -0.690. The molecule has 0 spiro atoms. The fourth-order valence-electron chi connectivity index (χ4n) is 2.44. The van der Waals surface area contributed by atoms with Crippen molar-refractivity contribution in [2.45, 2.75) is 37.6 Å². The van der Waals surface area contributed by atoms with Crippen LogP contribution in [0.1, 0.15) is 37.9 Å². The molecule has 3 rings (SSSR count). The first-order chi connectivity index (χ1) is 8.85. The number of nitrogens with zero attached hydrogens (tertiary/aromatic N) is 2. The predicted octanol–water partition coefficient (Wildman–Crippen LogP) is 2.11. The number of sulfone groups is 1. The zero-order chi connectivity index (χ0) is 13.7. The molecule has 104 valence electrons. The first kappa shape index (κ1) is 13.3. The van der Waals surface area contributed by atoms with Crippen LogP contribution in [-0.4, -0.2) is 35.4 Å². The van der Waals surface area contributed by atoms with Crippen molar-refractivity contribution in [2.75, 3.05) is 16.8 Å². The van der Waals surface area contributed by atoms with Crippen molar-refractivity contribution in [1.82, 2.24) is 9.97 Å². The van der Waals surface area contributed by atoms with Crippen LogP contribution in [0.2, 0.25) is 0 Å². The van der Waals surface area contributed by atoms with Gasteiger partial charge < -0.3 is 5.32 Å². The van der Waals surface area contributed by atoms with E-state index in [0.29, 0.717) is 18.2 Å². The van der Waals surface area contributed by atoms with Gasteiger partial charge in [-0.1, -0.05) is 0 Å². The quantitative estimate of drug-likeness (QED) is 0.849. The average molecular weight is 346 g/mol. The van der Waals surface area contributed by atoms with Crippen LogP contribution in [0.25, 0.3) is 0 Å². The van der Waals surface area contributed by atoms with E-state index in [4.69, 9.17) is 0 Å². The van der Waals surface area contributed by atoms with E-state index in [2.05, 4.69) is 31.2 Å².